The quantitative estimate of drug-likeness (QED) is 0.0267. The van der Waals surface area contributed by atoms with E-state index in [1.807, 2.05) is 12.2 Å². The van der Waals surface area contributed by atoms with Crippen LogP contribution in [0.15, 0.2) is 48.6 Å². The van der Waals surface area contributed by atoms with Gasteiger partial charge in [-0.25, -0.2) is 4.57 Å². The van der Waals surface area contributed by atoms with Crippen molar-refractivity contribution in [3.05, 3.63) is 48.6 Å². The molecular weight excluding hydrogens is 737 g/mol. The van der Waals surface area contributed by atoms with Crippen LogP contribution in [0.3, 0.4) is 0 Å². The van der Waals surface area contributed by atoms with Crippen molar-refractivity contribution in [1.29, 1.82) is 0 Å². The molecule has 0 spiro atoms. The molecule has 0 heterocycles. The normalized spacial score (nSPS) is 13.7. The lowest BCUT2D eigenvalue weighted by Crippen LogP contribution is -2.29. The molecule has 0 aliphatic heterocycles. The molecule has 10 heteroatoms. The fourth-order valence-corrected chi connectivity index (χ4v) is 7.01. The maximum Gasteiger partial charge on any atom is 0.472 e. The van der Waals surface area contributed by atoms with Gasteiger partial charge in [-0.15, -0.1) is 0 Å². The van der Waals surface area contributed by atoms with E-state index in [1.54, 1.807) is 0 Å². The van der Waals surface area contributed by atoms with Crippen LogP contribution in [0.1, 0.15) is 206 Å². The number of carbonyl (C=O) groups excluding carboxylic acids is 2. The number of allylic oxidation sites excluding steroid dienone is 8. The summed E-state index contributed by atoms with van der Waals surface area (Å²) < 4.78 is 32.7. The van der Waals surface area contributed by atoms with E-state index < -0.39 is 32.5 Å². The Kier molecular flexibility index (Phi) is 42.0. The number of nitrogens with two attached hydrogens (primary N) is 1. The molecule has 0 bridgehead atoms. The zero-order chi connectivity index (χ0) is 41.8. The smallest absolute Gasteiger partial charge is 0.462 e. The minimum Gasteiger partial charge on any atom is -0.462 e. The Hall–Kier alpha value is -2.03. The van der Waals surface area contributed by atoms with Crippen molar-refractivity contribution in [3.63, 3.8) is 0 Å². The average Bonchev–Trinajstić information content (AvgIpc) is 3.20. The summed E-state index contributed by atoms with van der Waals surface area (Å²) in [4.78, 5) is 34.8. The lowest BCUT2D eigenvalue weighted by atomic mass is 10.1. The Morgan fingerprint density at radius 2 is 0.947 bits per heavy atom. The van der Waals surface area contributed by atoms with Gasteiger partial charge in [0, 0.05) is 19.4 Å². The van der Waals surface area contributed by atoms with Gasteiger partial charge in [0.05, 0.1) is 13.2 Å². The van der Waals surface area contributed by atoms with E-state index in [1.165, 1.54) is 122 Å². The molecule has 0 saturated carbocycles. The molecule has 2 atom stereocenters. The highest BCUT2D eigenvalue weighted by Gasteiger charge is 2.25. The summed E-state index contributed by atoms with van der Waals surface area (Å²) in [7, 11) is -4.39. The molecule has 0 aromatic carbocycles. The van der Waals surface area contributed by atoms with Crippen LogP contribution in [0.2, 0.25) is 0 Å². The summed E-state index contributed by atoms with van der Waals surface area (Å²) in [5.74, 6) is -0.915. The molecule has 9 nitrogen and oxygen atoms in total. The molecule has 0 radical (unpaired) electrons. The molecule has 0 saturated heterocycles. The van der Waals surface area contributed by atoms with Crippen LogP contribution in [0, 0.1) is 0 Å². The largest absolute Gasteiger partial charge is 0.472 e. The summed E-state index contributed by atoms with van der Waals surface area (Å²) in [5.41, 5.74) is 5.34. The van der Waals surface area contributed by atoms with Gasteiger partial charge in [-0.1, -0.05) is 178 Å². The Labute approximate surface area is 349 Å². The van der Waals surface area contributed by atoms with Gasteiger partial charge in [-0.2, -0.15) is 0 Å². The van der Waals surface area contributed by atoms with Crippen molar-refractivity contribution in [3.8, 4) is 0 Å². The van der Waals surface area contributed by atoms with Gasteiger partial charge in [-0.05, 0) is 64.2 Å². The van der Waals surface area contributed by atoms with E-state index >= 15 is 0 Å². The summed E-state index contributed by atoms with van der Waals surface area (Å²) in [6.07, 6.45) is 50.3. The topological polar surface area (TPSA) is 134 Å². The van der Waals surface area contributed by atoms with Crippen molar-refractivity contribution >= 4 is 19.8 Å². The Bertz CT molecular complexity index is 1080. The van der Waals surface area contributed by atoms with Crippen molar-refractivity contribution < 1.29 is 37.6 Å². The van der Waals surface area contributed by atoms with E-state index in [9.17, 15) is 19.0 Å². The van der Waals surface area contributed by atoms with Gasteiger partial charge in [-0.3, -0.25) is 18.6 Å². The minimum absolute atomic E-state index is 0.0434. The third-order valence-electron chi connectivity index (χ3n) is 9.70. The second-order valence-electron chi connectivity index (χ2n) is 15.3. The van der Waals surface area contributed by atoms with Crippen molar-refractivity contribution in [2.45, 2.75) is 213 Å². The van der Waals surface area contributed by atoms with Crippen molar-refractivity contribution in [2.24, 2.45) is 5.73 Å². The minimum atomic E-state index is -4.39. The van der Waals surface area contributed by atoms with E-state index in [-0.39, 0.29) is 32.6 Å². The zero-order valence-electron chi connectivity index (χ0n) is 36.6. The number of esters is 2. The fourth-order valence-electron chi connectivity index (χ4n) is 6.25. The van der Waals surface area contributed by atoms with E-state index in [4.69, 9.17) is 24.3 Å². The van der Waals surface area contributed by atoms with Crippen LogP contribution < -0.4 is 5.73 Å². The average molecular weight is 824 g/mol. The van der Waals surface area contributed by atoms with Gasteiger partial charge in [0.25, 0.3) is 0 Å². The van der Waals surface area contributed by atoms with Gasteiger partial charge in [0.2, 0.25) is 0 Å². The summed E-state index contributed by atoms with van der Waals surface area (Å²) in [6, 6.07) is 0. The maximum atomic E-state index is 12.5. The molecule has 0 amide bonds. The molecule has 0 rings (SSSR count). The van der Waals surface area contributed by atoms with Crippen LogP contribution in [0.4, 0.5) is 0 Å². The first-order valence-electron chi connectivity index (χ1n) is 23.1. The molecule has 0 aromatic rings. The number of hydrogen-bond acceptors (Lipinski definition) is 8. The highest BCUT2D eigenvalue weighted by molar-refractivity contribution is 7.47. The lowest BCUT2D eigenvalue weighted by molar-refractivity contribution is -0.161. The molecule has 0 aliphatic carbocycles. The van der Waals surface area contributed by atoms with E-state index in [0.29, 0.717) is 12.8 Å². The van der Waals surface area contributed by atoms with Gasteiger partial charge in [0.15, 0.2) is 6.10 Å². The lowest BCUT2D eigenvalue weighted by Gasteiger charge is -2.19. The summed E-state index contributed by atoms with van der Waals surface area (Å²) >= 11 is 0. The molecular formula is C47H86NO8P. The molecule has 0 aliphatic rings. The second kappa shape index (κ2) is 43.5. The monoisotopic (exact) mass is 824 g/mol. The highest BCUT2D eigenvalue weighted by Crippen LogP contribution is 2.43. The number of unbranched alkanes of at least 4 members (excludes halogenated alkanes) is 22. The third kappa shape index (κ3) is 43.4. The van der Waals surface area contributed by atoms with Gasteiger partial charge >= 0.3 is 19.8 Å². The standard InChI is InChI=1S/C47H86NO8P/c1-3-5-7-9-11-13-15-17-18-19-20-21-22-23-24-25-26-28-29-31-33-35-37-39-46(49)53-43-45(44-55-57(51,52)54-42-41-48)56-47(50)40-38-36-34-32-30-27-16-14-12-10-8-6-4-2/h20-21,23-24,27,30,34,36,45H,3-19,22,25-26,28-29,31-33,35,37-44,48H2,1-2H3,(H,51,52)/b21-20+,24-23+,30-27+,36-34+. The maximum absolute atomic E-state index is 12.5. The first kappa shape index (κ1) is 55.0. The predicted molar refractivity (Wildman–Crippen MR) is 238 cm³/mol. The van der Waals surface area contributed by atoms with Crippen LogP contribution in [-0.2, 0) is 32.7 Å². The fraction of sp³-hybridized carbons (Fsp3) is 0.787. The SMILES string of the molecule is CCCCCCCC/C=C/C/C=C/CCC(=O)OC(COC(=O)CCCCCCCCC/C=C/C/C=C/CCCCCCCCCCC)COP(=O)(O)OCCN. The number of phosphoric ester groups is 1. The number of phosphoric acid groups is 1. The van der Waals surface area contributed by atoms with Crippen LogP contribution in [0.5, 0.6) is 0 Å². The highest BCUT2D eigenvalue weighted by atomic mass is 31.2. The summed E-state index contributed by atoms with van der Waals surface area (Å²) in [6.45, 7) is 3.65. The predicted octanol–water partition coefficient (Wildman–Crippen LogP) is 13.5. The first-order chi connectivity index (χ1) is 27.8. The second-order valence-corrected chi connectivity index (χ2v) is 16.7. The third-order valence-corrected chi connectivity index (χ3v) is 10.7. The molecule has 0 aromatic heterocycles. The summed E-state index contributed by atoms with van der Waals surface area (Å²) in [5, 5.41) is 0. The number of ether oxygens (including phenoxy) is 2. The zero-order valence-corrected chi connectivity index (χ0v) is 37.5. The molecule has 3 N–H and O–H groups in total. The van der Waals surface area contributed by atoms with Crippen LogP contribution in [0.25, 0.3) is 0 Å². The molecule has 332 valence electrons. The number of rotatable bonds is 43. The number of hydrogen-bond donors (Lipinski definition) is 2. The molecule has 2 unspecified atom stereocenters. The Balaban J connectivity index is 4.12. The van der Waals surface area contributed by atoms with Crippen LogP contribution >= 0.6 is 7.82 Å². The number of carbonyl (C=O) groups is 2. The molecule has 0 fully saturated rings. The van der Waals surface area contributed by atoms with Crippen LogP contribution in [-0.4, -0.2) is 49.3 Å². The van der Waals surface area contributed by atoms with Gasteiger partial charge < -0.3 is 20.1 Å². The van der Waals surface area contributed by atoms with Crippen molar-refractivity contribution in [2.75, 3.05) is 26.4 Å². The molecule has 57 heavy (non-hydrogen) atoms. The van der Waals surface area contributed by atoms with E-state index in [0.717, 1.165) is 44.9 Å². The first-order valence-corrected chi connectivity index (χ1v) is 24.6. The Morgan fingerprint density at radius 1 is 0.526 bits per heavy atom. The van der Waals surface area contributed by atoms with Gasteiger partial charge in [0.1, 0.15) is 6.61 Å². The Morgan fingerprint density at radius 3 is 1.40 bits per heavy atom. The van der Waals surface area contributed by atoms with E-state index in [2.05, 4.69) is 50.3 Å². The van der Waals surface area contributed by atoms with Crippen molar-refractivity contribution in [1.82, 2.24) is 0 Å².